The van der Waals surface area contributed by atoms with Gasteiger partial charge in [0.25, 0.3) is 0 Å². The van der Waals surface area contributed by atoms with Crippen molar-refractivity contribution in [2.75, 3.05) is 6.61 Å². The van der Waals surface area contributed by atoms with Crippen molar-refractivity contribution >= 4 is 5.78 Å². The van der Waals surface area contributed by atoms with E-state index in [1.165, 1.54) is 37.7 Å². The molecule has 0 heterocycles. The number of carbonyl (C=O) groups excluding carboxylic acids is 1. The van der Waals surface area contributed by atoms with Crippen LogP contribution >= 0.6 is 0 Å². The molecule has 0 aromatic rings. The monoisotopic (exact) mass is 302 g/mol. The molecule has 2 nitrogen and oxygen atoms in total. The van der Waals surface area contributed by atoms with E-state index in [0.29, 0.717) is 36.1 Å². The zero-order valence-corrected chi connectivity index (χ0v) is 13.9. The van der Waals surface area contributed by atoms with Crippen LogP contribution < -0.4 is 0 Å². The Hall–Kier alpha value is -0.630. The molecule has 3 unspecified atom stereocenters. The van der Waals surface area contributed by atoms with Crippen LogP contribution in [0.15, 0.2) is 12.2 Å². The summed E-state index contributed by atoms with van der Waals surface area (Å²) < 4.78 is 0. The van der Waals surface area contributed by atoms with Crippen molar-refractivity contribution in [3.8, 4) is 0 Å². The van der Waals surface area contributed by atoms with Gasteiger partial charge in [0.1, 0.15) is 5.78 Å². The van der Waals surface area contributed by atoms with Gasteiger partial charge in [-0.1, -0.05) is 19.1 Å². The summed E-state index contributed by atoms with van der Waals surface area (Å²) in [5, 5.41) is 10.3. The Morgan fingerprint density at radius 3 is 2.73 bits per heavy atom. The van der Waals surface area contributed by atoms with Crippen LogP contribution in [0.5, 0.6) is 0 Å². The highest BCUT2D eigenvalue weighted by Crippen LogP contribution is 2.66. The first-order chi connectivity index (χ1) is 10.5. The Kier molecular flexibility index (Phi) is 3.35. The van der Waals surface area contributed by atoms with Gasteiger partial charge in [0, 0.05) is 24.9 Å². The van der Waals surface area contributed by atoms with Crippen LogP contribution in [0.3, 0.4) is 0 Å². The van der Waals surface area contributed by atoms with E-state index >= 15 is 0 Å². The summed E-state index contributed by atoms with van der Waals surface area (Å²) in [6, 6.07) is 0. The third kappa shape index (κ3) is 1.79. The molecule has 0 aromatic carbocycles. The highest BCUT2D eigenvalue weighted by atomic mass is 16.3. The standard InChI is InChI=1S/C20H30O2/c1-13-3-6-17-16-5-4-14-11-15(22)7-10-20(14,12-21)18(16)8-9-19(13,17)2/h14,16-18,21H,1,3-12H2,2H3/t14-,16?,17?,18?,19+,20+/m0/s1. The lowest BCUT2D eigenvalue weighted by Gasteiger charge is -2.60. The molecule has 2 heteroatoms. The van der Waals surface area contributed by atoms with Gasteiger partial charge in [-0.25, -0.2) is 0 Å². The lowest BCUT2D eigenvalue weighted by Crippen LogP contribution is -2.55. The summed E-state index contributed by atoms with van der Waals surface area (Å²) in [5.74, 6) is 3.07. The van der Waals surface area contributed by atoms with Gasteiger partial charge >= 0.3 is 0 Å². The van der Waals surface area contributed by atoms with Crippen LogP contribution in [0.1, 0.15) is 64.7 Å². The second-order valence-electron chi connectivity index (χ2n) is 8.88. The molecule has 22 heavy (non-hydrogen) atoms. The van der Waals surface area contributed by atoms with Crippen molar-refractivity contribution in [1.82, 2.24) is 0 Å². The minimum absolute atomic E-state index is 0.0576. The molecule has 4 fully saturated rings. The zero-order valence-electron chi connectivity index (χ0n) is 13.9. The Morgan fingerprint density at radius 1 is 1.14 bits per heavy atom. The van der Waals surface area contributed by atoms with Crippen LogP contribution in [0, 0.1) is 34.5 Å². The molecule has 6 atom stereocenters. The summed E-state index contributed by atoms with van der Waals surface area (Å²) in [4.78, 5) is 11.9. The molecule has 4 aliphatic rings. The maximum absolute atomic E-state index is 11.9. The second-order valence-corrected chi connectivity index (χ2v) is 8.88. The Bertz CT molecular complexity index is 510. The molecule has 122 valence electrons. The molecule has 0 amide bonds. The number of aliphatic hydroxyl groups excluding tert-OH is 1. The van der Waals surface area contributed by atoms with Crippen LogP contribution in [0.4, 0.5) is 0 Å². The molecular weight excluding hydrogens is 272 g/mol. The van der Waals surface area contributed by atoms with Crippen molar-refractivity contribution in [3.63, 3.8) is 0 Å². The van der Waals surface area contributed by atoms with Gasteiger partial charge in [0.05, 0.1) is 0 Å². The number of carbonyl (C=O) groups is 1. The van der Waals surface area contributed by atoms with E-state index in [1.54, 1.807) is 0 Å². The Balaban J connectivity index is 1.68. The van der Waals surface area contributed by atoms with E-state index < -0.39 is 0 Å². The lowest BCUT2D eigenvalue weighted by atomic mass is 9.45. The first-order valence-corrected chi connectivity index (χ1v) is 9.32. The summed E-state index contributed by atoms with van der Waals surface area (Å²) in [6.07, 6.45) is 9.82. The molecule has 0 saturated heterocycles. The van der Waals surface area contributed by atoms with Crippen LogP contribution in [0.2, 0.25) is 0 Å². The predicted octanol–water partition coefficient (Wildman–Crippen LogP) is 4.13. The largest absolute Gasteiger partial charge is 0.396 e. The van der Waals surface area contributed by atoms with Crippen molar-refractivity contribution in [3.05, 3.63) is 12.2 Å². The normalized spacial score (nSPS) is 51.2. The fourth-order valence-electron chi connectivity index (χ4n) is 7.06. The third-order valence-electron chi connectivity index (χ3n) is 8.43. The van der Waals surface area contributed by atoms with Crippen molar-refractivity contribution in [1.29, 1.82) is 0 Å². The van der Waals surface area contributed by atoms with Gasteiger partial charge in [-0.3, -0.25) is 4.79 Å². The van der Waals surface area contributed by atoms with Crippen LogP contribution in [-0.2, 0) is 4.79 Å². The van der Waals surface area contributed by atoms with Gasteiger partial charge < -0.3 is 5.11 Å². The van der Waals surface area contributed by atoms with Crippen molar-refractivity contribution in [2.24, 2.45) is 34.5 Å². The van der Waals surface area contributed by atoms with Gasteiger partial charge in [-0.15, -0.1) is 0 Å². The number of allylic oxidation sites excluding steroid dienone is 1. The van der Waals surface area contributed by atoms with Crippen molar-refractivity contribution < 1.29 is 9.90 Å². The lowest BCUT2D eigenvalue weighted by molar-refractivity contribution is -0.148. The maximum Gasteiger partial charge on any atom is 0.133 e. The van der Waals surface area contributed by atoms with E-state index in [-0.39, 0.29) is 5.41 Å². The number of Topliss-reactive ketones (excluding diaryl/α,β-unsaturated/α-hetero) is 1. The number of fused-ring (bicyclic) bond motifs is 5. The predicted molar refractivity (Wildman–Crippen MR) is 87.3 cm³/mol. The molecule has 4 aliphatic carbocycles. The quantitative estimate of drug-likeness (QED) is 0.740. The molecule has 4 saturated carbocycles. The first kappa shape index (κ1) is 14.9. The smallest absolute Gasteiger partial charge is 0.133 e. The van der Waals surface area contributed by atoms with E-state index in [9.17, 15) is 9.90 Å². The van der Waals surface area contributed by atoms with E-state index in [1.807, 2.05) is 0 Å². The SMILES string of the molecule is C=C1CCC2C3CC[C@H]4CC(=O)CC[C@]4(CO)C3CC[C@]12C. The summed E-state index contributed by atoms with van der Waals surface area (Å²) >= 11 is 0. The molecule has 0 bridgehead atoms. The number of hydrogen-bond donors (Lipinski definition) is 1. The summed E-state index contributed by atoms with van der Waals surface area (Å²) in [7, 11) is 0. The van der Waals surface area contributed by atoms with E-state index in [0.717, 1.165) is 31.1 Å². The van der Waals surface area contributed by atoms with E-state index in [4.69, 9.17) is 0 Å². The molecule has 0 radical (unpaired) electrons. The summed E-state index contributed by atoms with van der Waals surface area (Å²) in [5.41, 5.74) is 1.90. The van der Waals surface area contributed by atoms with Gasteiger partial charge in [0.15, 0.2) is 0 Å². The first-order valence-electron chi connectivity index (χ1n) is 9.32. The Labute approximate surface area is 134 Å². The fourth-order valence-corrected chi connectivity index (χ4v) is 7.06. The van der Waals surface area contributed by atoms with Crippen molar-refractivity contribution in [2.45, 2.75) is 64.7 Å². The molecule has 4 rings (SSSR count). The maximum atomic E-state index is 11.9. The molecular formula is C20H30O2. The molecule has 0 spiro atoms. The molecule has 0 aromatic heterocycles. The van der Waals surface area contributed by atoms with Gasteiger partial charge in [-0.05, 0) is 74.0 Å². The zero-order chi connectivity index (χ0) is 15.5. The van der Waals surface area contributed by atoms with Gasteiger partial charge in [-0.2, -0.15) is 0 Å². The topological polar surface area (TPSA) is 37.3 Å². The fraction of sp³-hybridized carbons (Fsp3) is 0.850. The van der Waals surface area contributed by atoms with Crippen LogP contribution in [-0.4, -0.2) is 17.5 Å². The van der Waals surface area contributed by atoms with Crippen LogP contribution in [0.25, 0.3) is 0 Å². The van der Waals surface area contributed by atoms with Gasteiger partial charge in [0.2, 0.25) is 0 Å². The molecule has 0 aliphatic heterocycles. The highest BCUT2D eigenvalue weighted by Gasteiger charge is 2.60. The number of hydrogen-bond acceptors (Lipinski definition) is 2. The highest BCUT2D eigenvalue weighted by molar-refractivity contribution is 5.79. The summed E-state index contributed by atoms with van der Waals surface area (Å²) in [6.45, 7) is 7.13. The number of rotatable bonds is 1. The minimum Gasteiger partial charge on any atom is -0.396 e. The minimum atomic E-state index is 0.0576. The average molecular weight is 302 g/mol. The second kappa shape index (κ2) is 4.93. The Morgan fingerprint density at radius 2 is 1.95 bits per heavy atom. The number of ketones is 1. The van der Waals surface area contributed by atoms with E-state index in [2.05, 4.69) is 13.5 Å². The average Bonchev–Trinajstić information content (AvgIpc) is 2.82. The molecule has 1 N–H and O–H groups in total. The third-order valence-corrected chi connectivity index (χ3v) is 8.43. The number of aliphatic hydroxyl groups is 1.